The molecule has 18 heavy (non-hydrogen) atoms. The monoisotopic (exact) mass is 260 g/mol. The third kappa shape index (κ3) is 24.9. The van der Waals surface area contributed by atoms with Crippen LogP contribution in [0.1, 0.15) is 84.5 Å². The van der Waals surface area contributed by atoms with Crippen LogP contribution in [0.15, 0.2) is 0 Å². The van der Waals surface area contributed by atoms with Gasteiger partial charge in [-0.15, -0.1) is 0 Å². The van der Waals surface area contributed by atoms with Gasteiger partial charge in [0.15, 0.2) is 0 Å². The summed E-state index contributed by atoms with van der Waals surface area (Å²) in [5.74, 6) is 0. The molecule has 0 fully saturated rings. The molecular weight excluding hydrogens is 224 g/mol. The van der Waals surface area contributed by atoms with Gasteiger partial charge in [-0.25, -0.2) is 5.48 Å². The SMILES string of the molecule is CCCCCCCCCCCCN.CCCNO. The Kier molecular flexibility index (Phi) is 24.8. The van der Waals surface area contributed by atoms with E-state index in [4.69, 9.17) is 10.9 Å². The third-order valence-electron chi connectivity index (χ3n) is 2.92. The van der Waals surface area contributed by atoms with Gasteiger partial charge in [0.2, 0.25) is 0 Å². The van der Waals surface area contributed by atoms with E-state index in [9.17, 15) is 0 Å². The summed E-state index contributed by atoms with van der Waals surface area (Å²) >= 11 is 0. The summed E-state index contributed by atoms with van der Waals surface area (Å²) in [5, 5.41) is 7.82. The highest BCUT2D eigenvalue weighted by Crippen LogP contribution is 2.09. The van der Waals surface area contributed by atoms with Crippen molar-refractivity contribution >= 4 is 0 Å². The first-order valence-electron chi connectivity index (χ1n) is 7.90. The Balaban J connectivity index is 0. The van der Waals surface area contributed by atoms with Crippen molar-refractivity contribution in [3.8, 4) is 0 Å². The highest BCUT2D eigenvalue weighted by atomic mass is 16.5. The van der Waals surface area contributed by atoms with Crippen LogP contribution in [0.5, 0.6) is 0 Å². The molecule has 0 heterocycles. The highest BCUT2D eigenvalue weighted by molar-refractivity contribution is 4.47. The van der Waals surface area contributed by atoms with Gasteiger partial charge < -0.3 is 10.9 Å². The maximum absolute atomic E-state index is 7.82. The lowest BCUT2D eigenvalue weighted by Crippen LogP contribution is -2.06. The number of nitrogens with two attached hydrogens (primary N) is 1. The Bertz CT molecular complexity index is 109. The first kappa shape index (κ1) is 20.2. The van der Waals surface area contributed by atoms with Crippen LogP contribution < -0.4 is 11.2 Å². The zero-order valence-corrected chi connectivity index (χ0v) is 12.7. The lowest BCUT2D eigenvalue weighted by molar-refractivity contribution is 0.167. The van der Waals surface area contributed by atoms with E-state index in [2.05, 4.69) is 6.92 Å². The van der Waals surface area contributed by atoms with Crippen molar-refractivity contribution < 1.29 is 5.21 Å². The summed E-state index contributed by atoms with van der Waals surface area (Å²) in [6.07, 6.45) is 14.9. The molecule has 0 saturated carbocycles. The fourth-order valence-electron chi connectivity index (χ4n) is 1.74. The van der Waals surface area contributed by atoms with Crippen molar-refractivity contribution in [2.75, 3.05) is 13.1 Å². The van der Waals surface area contributed by atoms with Crippen molar-refractivity contribution in [3.63, 3.8) is 0 Å². The minimum absolute atomic E-state index is 0.694. The van der Waals surface area contributed by atoms with E-state index in [1.807, 2.05) is 12.4 Å². The number of hydrogen-bond acceptors (Lipinski definition) is 3. The Labute approximate surface area is 114 Å². The number of nitrogens with one attached hydrogen (secondary N) is 1. The summed E-state index contributed by atoms with van der Waals surface area (Å²) in [7, 11) is 0. The zero-order chi connectivity index (χ0) is 13.9. The fourth-order valence-corrected chi connectivity index (χ4v) is 1.74. The van der Waals surface area contributed by atoms with Gasteiger partial charge in [0, 0.05) is 6.54 Å². The van der Waals surface area contributed by atoms with Crippen LogP contribution in [0.4, 0.5) is 0 Å². The summed E-state index contributed by atoms with van der Waals surface area (Å²) in [6, 6.07) is 0. The van der Waals surface area contributed by atoms with Crippen molar-refractivity contribution in [1.29, 1.82) is 0 Å². The van der Waals surface area contributed by atoms with E-state index in [1.54, 1.807) is 0 Å². The minimum atomic E-state index is 0.694. The molecule has 0 amide bonds. The zero-order valence-electron chi connectivity index (χ0n) is 12.7. The van der Waals surface area contributed by atoms with Crippen LogP contribution in [0.25, 0.3) is 0 Å². The van der Waals surface area contributed by atoms with Crippen molar-refractivity contribution in [1.82, 2.24) is 5.48 Å². The van der Waals surface area contributed by atoms with Gasteiger partial charge >= 0.3 is 0 Å². The molecule has 0 aliphatic heterocycles. The molecule has 112 valence electrons. The normalized spacial score (nSPS) is 10.0. The van der Waals surface area contributed by atoms with Gasteiger partial charge in [0.1, 0.15) is 0 Å². The molecule has 3 heteroatoms. The Morgan fingerprint density at radius 1 is 0.722 bits per heavy atom. The van der Waals surface area contributed by atoms with E-state index in [1.165, 1.54) is 64.2 Å². The van der Waals surface area contributed by atoms with Crippen LogP contribution in [-0.4, -0.2) is 18.3 Å². The van der Waals surface area contributed by atoms with Gasteiger partial charge in [-0.2, -0.15) is 0 Å². The quantitative estimate of drug-likeness (QED) is 0.363. The second-order valence-electron chi connectivity index (χ2n) is 4.88. The molecule has 0 aromatic carbocycles. The summed E-state index contributed by atoms with van der Waals surface area (Å²) in [6.45, 7) is 5.83. The molecule has 0 aromatic rings. The standard InChI is InChI=1S/C12H27N.C3H9NO/c1-2-3-4-5-6-7-8-9-10-11-12-13;1-2-3-4-5/h2-13H2,1H3;4-5H,2-3H2,1H3. The molecule has 0 aliphatic carbocycles. The first-order valence-corrected chi connectivity index (χ1v) is 7.90. The van der Waals surface area contributed by atoms with Crippen molar-refractivity contribution in [2.24, 2.45) is 5.73 Å². The Morgan fingerprint density at radius 2 is 1.17 bits per heavy atom. The molecule has 3 nitrogen and oxygen atoms in total. The molecule has 0 rings (SSSR count). The maximum atomic E-state index is 7.82. The average Bonchev–Trinajstić information content (AvgIpc) is 2.39. The van der Waals surface area contributed by atoms with E-state index < -0.39 is 0 Å². The number of rotatable bonds is 12. The lowest BCUT2D eigenvalue weighted by Gasteiger charge is -2.00. The predicted molar refractivity (Wildman–Crippen MR) is 81.0 cm³/mol. The molecule has 0 aliphatic rings. The van der Waals surface area contributed by atoms with Crippen LogP contribution in [0, 0.1) is 0 Å². The average molecular weight is 260 g/mol. The molecule has 0 saturated heterocycles. The molecule has 0 unspecified atom stereocenters. The van der Waals surface area contributed by atoms with E-state index >= 15 is 0 Å². The molecular formula is C15H36N2O. The van der Waals surface area contributed by atoms with Gasteiger partial charge in [0.05, 0.1) is 0 Å². The molecule has 0 spiro atoms. The lowest BCUT2D eigenvalue weighted by atomic mass is 10.1. The van der Waals surface area contributed by atoms with Gasteiger partial charge in [0.25, 0.3) is 0 Å². The molecule has 0 bridgehead atoms. The second kappa shape index (κ2) is 22.1. The molecule has 0 aromatic heterocycles. The smallest absolute Gasteiger partial charge is 0.0204 e. The Morgan fingerprint density at radius 3 is 1.44 bits per heavy atom. The predicted octanol–water partition coefficient (Wildman–Crippen LogP) is 4.24. The van der Waals surface area contributed by atoms with Gasteiger partial charge in [-0.1, -0.05) is 71.6 Å². The minimum Gasteiger partial charge on any atom is -0.330 e. The number of hydrogen-bond donors (Lipinski definition) is 3. The van der Waals surface area contributed by atoms with Gasteiger partial charge in [-0.3, -0.25) is 0 Å². The second-order valence-corrected chi connectivity index (χ2v) is 4.88. The van der Waals surface area contributed by atoms with Crippen molar-refractivity contribution in [2.45, 2.75) is 84.5 Å². The first-order chi connectivity index (χ1) is 8.83. The number of hydroxylamine groups is 1. The maximum Gasteiger partial charge on any atom is 0.0204 e. The van der Waals surface area contributed by atoms with Crippen molar-refractivity contribution in [3.05, 3.63) is 0 Å². The topological polar surface area (TPSA) is 58.3 Å². The largest absolute Gasteiger partial charge is 0.330 e. The highest BCUT2D eigenvalue weighted by Gasteiger charge is 1.91. The van der Waals surface area contributed by atoms with E-state index in [0.717, 1.165) is 13.0 Å². The molecule has 4 N–H and O–H groups in total. The van der Waals surface area contributed by atoms with E-state index in [-0.39, 0.29) is 0 Å². The van der Waals surface area contributed by atoms with E-state index in [0.29, 0.717) is 6.54 Å². The van der Waals surface area contributed by atoms with Gasteiger partial charge in [-0.05, 0) is 19.4 Å². The fraction of sp³-hybridized carbons (Fsp3) is 1.00. The summed E-state index contributed by atoms with van der Waals surface area (Å²) < 4.78 is 0. The summed E-state index contributed by atoms with van der Waals surface area (Å²) in [4.78, 5) is 0. The number of unbranched alkanes of at least 4 members (excludes halogenated alkanes) is 9. The third-order valence-corrected chi connectivity index (χ3v) is 2.92. The Hall–Kier alpha value is -0.120. The summed E-state index contributed by atoms with van der Waals surface area (Å²) in [5.41, 5.74) is 7.44. The van der Waals surface area contributed by atoms with Crippen LogP contribution >= 0.6 is 0 Å². The van der Waals surface area contributed by atoms with Crippen LogP contribution in [-0.2, 0) is 0 Å². The molecule has 0 radical (unpaired) electrons. The molecule has 0 atom stereocenters. The van der Waals surface area contributed by atoms with Crippen LogP contribution in [0.3, 0.4) is 0 Å². The van der Waals surface area contributed by atoms with Crippen LogP contribution in [0.2, 0.25) is 0 Å².